The first-order valence-corrected chi connectivity index (χ1v) is 10.1. The van der Waals surface area contributed by atoms with E-state index in [1.807, 2.05) is 0 Å². The normalized spacial score (nSPS) is 17.6. The van der Waals surface area contributed by atoms with Crippen LogP contribution in [0.4, 0.5) is 4.39 Å². The van der Waals surface area contributed by atoms with Crippen LogP contribution in [-0.4, -0.2) is 33.8 Å². The van der Waals surface area contributed by atoms with Crippen molar-refractivity contribution in [3.63, 3.8) is 0 Å². The molecule has 0 spiro atoms. The number of hydrogen-bond donors (Lipinski definition) is 1. The van der Waals surface area contributed by atoms with Gasteiger partial charge in [0.2, 0.25) is 0 Å². The lowest BCUT2D eigenvalue weighted by Crippen LogP contribution is -2.29. The Kier molecular flexibility index (Phi) is 5.92. The molecular weight excluding hydrogens is 435 g/mol. The van der Waals surface area contributed by atoms with Crippen LogP contribution in [-0.2, 0) is 16.1 Å². The van der Waals surface area contributed by atoms with E-state index in [1.54, 1.807) is 36.7 Å². The van der Waals surface area contributed by atoms with E-state index < -0.39 is 29.3 Å². The molecule has 1 aliphatic rings. The number of carbonyl (C=O) groups is 2. The van der Waals surface area contributed by atoms with E-state index in [0.717, 1.165) is 0 Å². The minimum absolute atomic E-state index is 0.0225. The summed E-state index contributed by atoms with van der Waals surface area (Å²) < 4.78 is 20.0. The molecule has 8 heteroatoms. The summed E-state index contributed by atoms with van der Waals surface area (Å²) in [7, 11) is 1.44. The Hall–Kier alpha value is -3.71. The Morgan fingerprint density at radius 2 is 1.88 bits per heavy atom. The minimum Gasteiger partial charge on any atom is -0.507 e. The first kappa shape index (κ1) is 21.5. The van der Waals surface area contributed by atoms with E-state index in [2.05, 4.69) is 4.98 Å². The van der Waals surface area contributed by atoms with Gasteiger partial charge >= 0.3 is 0 Å². The van der Waals surface area contributed by atoms with E-state index in [-0.39, 0.29) is 28.3 Å². The van der Waals surface area contributed by atoms with Gasteiger partial charge in [-0.2, -0.15) is 0 Å². The maximum atomic E-state index is 14.8. The van der Waals surface area contributed by atoms with E-state index in [4.69, 9.17) is 16.3 Å². The van der Waals surface area contributed by atoms with Gasteiger partial charge in [-0.05, 0) is 42.0 Å². The average molecular weight is 453 g/mol. The van der Waals surface area contributed by atoms with Crippen LogP contribution in [0.3, 0.4) is 0 Å². The fourth-order valence-electron chi connectivity index (χ4n) is 3.71. The van der Waals surface area contributed by atoms with Crippen molar-refractivity contribution >= 4 is 29.1 Å². The van der Waals surface area contributed by atoms with E-state index in [1.165, 1.54) is 42.3 Å². The second-order valence-electron chi connectivity index (χ2n) is 7.15. The largest absolute Gasteiger partial charge is 0.507 e. The highest BCUT2D eigenvalue weighted by atomic mass is 35.5. The highest BCUT2D eigenvalue weighted by molar-refractivity contribution is 6.47. The van der Waals surface area contributed by atoms with Crippen LogP contribution in [0.5, 0.6) is 5.75 Å². The quantitative estimate of drug-likeness (QED) is 0.350. The molecule has 0 saturated carbocycles. The van der Waals surface area contributed by atoms with Crippen molar-refractivity contribution in [3.05, 3.63) is 100 Å². The zero-order chi connectivity index (χ0) is 22.8. The number of ether oxygens (including phenoxy) is 1. The summed E-state index contributed by atoms with van der Waals surface area (Å²) in [4.78, 5) is 31.2. The lowest BCUT2D eigenvalue weighted by atomic mass is 9.94. The molecule has 0 aliphatic carbocycles. The molecule has 1 unspecified atom stereocenters. The molecule has 6 nitrogen and oxygen atoms in total. The van der Waals surface area contributed by atoms with Crippen molar-refractivity contribution in [1.82, 2.24) is 9.88 Å². The van der Waals surface area contributed by atoms with Crippen LogP contribution in [0, 0.1) is 5.82 Å². The topological polar surface area (TPSA) is 79.7 Å². The van der Waals surface area contributed by atoms with E-state index in [0.29, 0.717) is 11.3 Å². The van der Waals surface area contributed by atoms with Gasteiger partial charge in [-0.1, -0.05) is 29.8 Å². The lowest BCUT2D eigenvalue weighted by molar-refractivity contribution is -0.140. The molecule has 2 heterocycles. The molecule has 3 aromatic rings. The number of rotatable bonds is 5. The number of methoxy groups -OCH3 is 1. The molecule has 1 N–H and O–H groups in total. The number of hydrogen-bond acceptors (Lipinski definition) is 5. The van der Waals surface area contributed by atoms with Crippen molar-refractivity contribution < 1.29 is 23.8 Å². The first-order valence-electron chi connectivity index (χ1n) is 9.68. The lowest BCUT2D eigenvalue weighted by Gasteiger charge is -2.25. The smallest absolute Gasteiger partial charge is 0.295 e. The summed E-state index contributed by atoms with van der Waals surface area (Å²) in [6, 6.07) is 12.6. The van der Waals surface area contributed by atoms with Gasteiger partial charge in [0.05, 0.1) is 23.7 Å². The fourth-order valence-corrected chi connectivity index (χ4v) is 3.91. The molecule has 2 aromatic carbocycles. The molecular formula is C24H18ClFN2O4. The number of aliphatic hydroxyl groups is 1. The Bertz CT molecular complexity index is 1230. The van der Waals surface area contributed by atoms with Crippen LogP contribution >= 0.6 is 11.6 Å². The van der Waals surface area contributed by atoms with Gasteiger partial charge in [0.1, 0.15) is 17.3 Å². The number of amides is 1. The Morgan fingerprint density at radius 3 is 2.56 bits per heavy atom. The Labute approximate surface area is 188 Å². The zero-order valence-corrected chi connectivity index (χ0v) is 17.7. The van der Waals surface area contributed by atoms with Crippen LogP contribution < -0.4 is 4.74 Å². The molecule has 1 atom stereocenters. The van der Waals surface area contributed by atoms with Gasteiger partial charge in [0, 0.05) is 30.1 Å². The standard InChI is InChI=1S/C24H18ClFN2O4/c1-32-15-6-7-18(25)17(12-15)22(29)20-21(16-4-2-3-5-19(16)26)28(24(31)23(20)30)13-14-8-10-27-11-9-14/h2-12,21,29H,13H2,1H3/b22-20+. The number of aliphatic hydroxyl groups excluding tert-OH is 1. The number of ketones is 1. The molecule has 32 heavy (non-hydrogen) atoms. The number of aromatic nitrogens is 1. The zero-order valence-electron chi connectivity index (χ0n) is 17.0. The van der Waals surface area contributed by atoms with Crippen molar-refractivity contribution in [2.24, 2.45) is 0 Å². The maximum Gasteiger partial charge on any atom is 0.295 e. The van der Waals surface area contributed by atoms with Crippen LogP contribution in [0.1, 0.15) is 22.7 Å². The van der Waals surface area contributed by atoms with Gasteiger partial charge in [-0.25, -0.2) is 4.39 Å². The van der Waals surface area contributed by atoms with Crippen molar-refractivity contribution in [2.45, 2.75) is 12.6 Å². The minimum atomic E-state index is -1.15. The highest BCUT2D eigenvalue weighted by Crippen LogP contribution is 2.42. The van der Waals surface area contributed by atoms with Crippen molar-refractivity contribution in [2.75, 3.05) is 7.11 Å². The number of likely N-dealkylation sites (tertiary alicyclic amines) is 1. The third-order valence-electron chi connectivity index (χ3n) is 5.27. The van der Waals surface area contributed by atoms with Gasteiger partial charge < -0.3 is 14.7 Å². The molecule has 1 aromatic heterocycles. The van der Waals surface area contributed by atoms with E-state index >= 15 is 0 Å². The molecule has 162 valence electrons. The molecule has 0 radical (unpaired) electrons. The average Bonchev–Trinajstić information content (AvgIpc) is 3.05. The molecule has 1 saturated heterocycles. The van der Waals surface area contributed by atoms with Crippen LogP contribution in [0.2, 0.25) is 5.02 Å². The third-order valence-corrected chi connectivity index (χ3v) is 5.60. The predicted octanol–water partition coefficient (Wildman–Crippen LogP) is 4.50. The predicted molar refractivity (Wildman–Crippen MR) is 116 cm³/mol. The number of benzene rings is 2. The number of pyridine rings is 1. The Balaban J connectivity index is 1.92. The fraction of sp³-hybridized carbons (Fsp3) is 0.125. The van der Waals surface area contributed by atoms with E-state index in [9.17, 15) is 19.1 Å². The van der Waals surface area contributed by atoms with Crippen LogP contribution in [0.25, 0.3) is 5.76 Å². The third kappa shape index (κ3) is 3.83. The van der Waals surface area contributed by atoms with Gasteiger partial charge in [0.25, 0.3) is 11.7 Å². The summed E-state index contributed by atoms with van der Waals surface area (Å²) in [5, 5.41) is 11.3. The summed E-state index contributed by atoms with van der Waals surface area (Å²) in [6.45, 7) is 0.0225. The molecule has 0 bridgehead atoms. The van der Waals surface area contributed by atoms with Gasteiger partial charge in [-0.15, -0.1) is 0 Å². The SMILES string of the molecule is COc1ccc(Cl)c(/C(O)=C2\C(=O)C(=O)N(Cc3ccncc3)C2c2ccccc2F)c1. The maximum absolute atomic E-state index is 14.8. The number of carbonyl (C=O) groups excluding carboxylic acids is 2. The molecule has 1 fully saturated rings. The molecule has 4 rings (SSSR count). The van der Waals surface area contributed by atoms with Crippen LogP contribution in [0.15, 0.2) is 72.6 Å². The number of halogens is 2. The van der Waals surface area contributed by atoms with Gasteiger partial charge in [0.15, 0.2) is 0 Å². The summed E-state index contributed by atoms with van der Waals surface area (Å²) >= 11 is 6.26. The summed E-state index contributed by atoms with van der Waals surface area (Å²) in [6.07, 6.45) is 3.11. The second-order valence-corrected chi connectivity index (χ2v) is 7.56. The highest BCUT2D eigenvalue weighted by Gasteiger charge is 2.47. The van der Waals surface area contributed by atoms with Crippen molar-refractivity contribution in [3.8, 4) is 5.75 Å². The van der Waals surface area contributed by atoms with Crippen molar-refractivity contribution in [1.29, 1.82) is 0 Å². The molecule has 1 aliphatic heterocycles. The summed E-state index contributed by atoms with van der Waals surface area (Å²) in [5.74, 6) is -2.50. The number of Topliss-reactive ketones (excluding diaryl/α,β-unsaturated/α-hetero) is 1. The summed E-state index contributed by atoms with van der Waals surface area (Å²) in [5.41, 5.74) is 0.641. The number of nitrogens with zero attached hydrogens (tertiary/aromatic N) is 2. The molecule has 1 amide bonds. The Morgan fingerprint density at radius 1 is 1.16 bits per heavy atom. The monoisotopic (exact) mass is 452 g/mol. The van der Waals surface area contributed by atoms with Gasteiger partial charge in [-0.3, -0.25) is 14.6 Å². The second kappa shape index (κ2) is 8.80. The first-order chi connectivity index (χ1) is 15.4.